The van der Waals surface area contributed by atoms with Crippen LogP contribution in [-0.2, 0) is 0 Å². The van der Waals surface area contributed by atoms with E-state index in [9.17, 15) is 0 Å². The highest BCUT2D eigenvalue weighted by atomic mass is 14.9. The second-order valence-electron chi connectivity index (χ2n) is 7.92. The molecule has 0 amide bonds. The van der Waals surface area contributed by atoms with Gasteiger partial charge in [0.05, 0.1) is 11.4 Å². The maximum Gasteiger partial charge on any atom is 0.160 e. The largest absolute Gasteiger partial charge is 0.228 e. The Labute approximate surface area is 186 Å². The number of hydrogen-bond acceptors (Lipinski definition) is 2. The van der Waals surface area contributed by atoms with Gasteiger partial charge in [-0.1, -0.05) is 109 Å². The van der Waals surface area contributed by atoms with Gasteiger partial charge in [0.15, 0.2) is 5.82 Å². The van der Waals surface area contributed by atoms with E-state index in [-0.39, 0.29) is 0 Å². The van der Waals surface area contributed by atoms with Crippen LogP contribution in [0.5, 0.6) is 0 Å². The number of aromatic nitrogens is 2. The molecule has 0 radical (unpaired) electrons. The minimum absolute atomic E-state index is 0.736. The van der Waals surface area contributed by atoms with Crippen LogP contribution in [0, 0.1) is 0 Å². The lowest BCUT2D eigenvalue weighted by Gasteiger charge is -2.11. The first kappa shape index (κ1) is 18.5. The van der Waals surface area contributed by atoms with Crippen molar-refractivity contribution in [3.63, 3.8) is 0 Å². The summed E-state index contributed by atoms with van der Waals surface area (Å²) < 4.78 is 0. The first-order valence-electron chi connectivity index (χ1n) is 10.8. The van der Waals surface area contributed by atoms with Crippen molar-refractivity contribution in [3.05, 3.63) is 121 Å². The summed E-state index contributed by atoms with van der Waals surface area (Å²) in [6, 6.07) is 42.0. The molecule has 2 nitrogen and oxygen atoms in total. The summed E-state index contributed by atoms with van der Waals surface area (Å²) in [6.07, 6.45) is 0. The third-order valence-electron chi connectivity index (χ3n) is 5.87. The topological polar surface area (TPSA) is 25.8 Å². The van der Waals surface area contributed by atoms with Gasteiger partial charge >= 0.3 is 0 Å². The quantitative estimate of drug-likeness (QED) is 0.279. The molecule has 1 aromatic heterocycles. The van der Waals surface area contributed by atoms with Gasteiger partial charge in [-0.15, -0.1) is 0 Å². The average molecular weight is 409 g/mol. The molecule has 32 heavy (non-hydrogen) atoms. The molecule has 150 valence electrons. The number of rotatable bonds is 3. The standard InChI is InChI=1S/C30H20N2/c1-3-10-23(11-4-1)28-20-29(24-12-5-2-6-13-24)32-30(31-28)25-18-17-22-16-15-21-9-7-8-14-26(21)27(22)19-25/h1-20H. The number of nitrogens with zero attached hydrogens (tertiary/aromatic N) is 2. The first-order valence-corrected chi connectivity index (χ1v) is 10.8. The van der Waals surface area contributed by atoms with Gasteiger partial charge in [-0.2, -0.15) is 0 Å². The Morgan fingerprint density at radius 3 is 1.56 bits per heavy atom. The number of hydrogen-bond donors (Lipinski definition) is 0. The van der Waals surface area contributed by atoms with Gasteiger partial charge < -0.3 is 0 Å². The van der Waals surface area contributed by atoms with Gasteiger partial charge in [0.1, 0.15) is 0 Å². The van der Waals surface area contributed by atoms with Crippen LogP contribution in [0.2, 0.25) is 0 Å². The van der Waals surface area contributed by atoms with E-state index in [0.717, 1.165) is 33.9 Å². The molecule has 0 saturated heterocycles. The van der Waals surface area contributed by atoms with Crippen LogP contribution >= 0.6 is 0 Å². The summed E-state index contributed by atoms with van der Waals surface area (Å²) in [7, 11) is 0. The number of fused-ring (bicyclic) bond motifs is 3. The van der Waals surface area contributed by atoms with Crippen LogP contribution in [0.4, 0.5) is 0 Å². The SMILES string of the molecule is c1ccc(-c2cc(-c3ccccc3)nc(-c3ccc4ccc5ccccc5c4c3)n2)cc1. The predicted molar refractivity (Wildman–Crippen MR) is 133 cm³/mol. The van der Waals surface area contributed by atoms with Crippen molar-refractivity contribution < 1.29 is 0 Å². The van der Waals surface area contributed by atoms with Crippen molar-refractivity contribution in [1.29, 1.82) is 0 Å². The Kier molecular flexibility index (Phi) is 4.47. The van der Waals surface area contributed by atoms with Crippen LogP contribution in [0.3, 0.4) is 0 Å². The smallest absolute Gasteiger partial charge is 0.160 e. The van der Waals surface area contributed by atoms with Crippen LogP contribution in [0.15, 0.2) is 121 Å². The summed E-state index contributed by atoms with van der Waals surface area (Å²) in [5.74, 6) is 0.736. The van der Waals surface area contributed by atoms with Crippen molar-refractivity contribution in [2.24, 2.45) is 0 Å². The number of benzene rings is 5. The molecular weight excluding hydrogens is 388 g/mol. The molecule has 5 aromatic carbocycles. The Hall–Kier alpha value is -4.30. The van der Waals surface area contributed by atoms with Gasteiger partial charge in [0.2, 0.25) is 0 Å². The van der Waals surface area contributed by atoms with Crippen molar-refractivity contribution in [3.8, 4) is 33.9 Å². The Morgan fingerprint density at radius 2 is 0.906 bits per heavy atom. The molecular formula is C30H20N2. The molecule has 0 atom stereocenters. The van der Waals surface area contributed by atoms with Gasteiger partial charge in [0, 0.05) is 16.7 Å². The summed E-state index contributed by atoms with van der Waals surface area (Å²) in [5, 5.41) is 4.92. The average Bonchev–Trinajstić information content (AvgIpc) is 2.89. The van der Waals surface area contributed by atoms with E-state index < -0.39 is 0 Å². The minimum Gasteiger partial charge on any atom is -0.228 e. The molecule has 0 aliphatic rings. The summed E-state index contributed by atoms with van der Waals surface area (Å²) in [5.41, 5.74) is 5.03. The maximum atomic E-state index is 4.98. The zero-order valence-electron chi connectivity index (χ0n) is 17.4. The van der Waals surface area contributed by atoms with E-state index in [1.165, 1.54) is 21.5 Å². The minimum atomic E-state index is 0.736. The van der Waals surface area contributed by atoms with Crippen molar-refractivity contribution in [2.75, 3.05) is 0 Å². The van der Waals surface area contributed by atoms with Gasteiger partial charge in [0.25, 0.3) is 0 Å². The first-order chi connectivity index (χ1) is 15.8. The third-order valence-corrected chi connectivity index (χ3v) is 5.87. The van der Waals surface area contributed by atoms with Crippen LogP contribution in [-0.4, -0.2) is 9.97 Å². The lowest BCUT2D eigenvalue weighted by atomic mass is 9.99. The Morgan fingerprint density at radius 1 is 0.375 bits per heavy atom. The molecule has 0 bridgehead atoms. The van der Waals surface area contributed by atoms with E-state index in [1.54, 1.807) is 0 Å². The fourth-order valence-electron chi connectivity index (χ4n) is 4.23. The molecule has 1 heterocycles. The highest BCUT2D eigenvalue weighted by Gasteiger charge is 2.11. The van der Waals surface area contributed by atoms with E-state index in [1.807, 2.05) is 36.4 Å². The van der Waals surface area contributed by atoms with Crippen LogP contribution < -0.4 is 0 Å². The lowest BCUT2D eigenvalue weighted by Crippen LogP contribution is -1.96. The summed E-state index contributed by atoms with van der Waals surface area (Å²) in [4.78, 5) is 9.95. The maximum absolute atomic E-state index is 4.98. The molecule has 0 fully saturated rings. The van der Waals surface area contributed by atoms with E-state index in [4.69, 9.17) is 9.97 Å². The van der Waals surface area contributed by atoms with Gasteiger partial charge in [-0.3, -0.25) is 0 Å². The molecule has 0 unspecified atom stereocenters. The van der Waals surface area contributed by atoms with Crippen LogP contribution in [0.25, 0.3) is 55.4 Å². The zero-order chi connectivity index (χ0) is 21.3. The fraction of sp³-hybridized carbons (Fsp3) is 0. The Balaban J connectivity index is 1.59. The third kappa shape index (κ3) is 3.32. The zero-order valence-corrected chi connectivity index (χ0v) is 17.4. The van der Waals surface area contributed by atoms with Crippen molar-refractivity contribution in [1.82, 2.24) is 9.97 Å². The Bertz CT molecular complexity index is 1500. The van der Waals surface area contributed by atoms with Crippen molar-refractivity contribution >= 4 is 21.5 Å². The van der Waals surface area contributed by atoms with Crippen LogP contribution in [0.1, 0.15) is 0 Å². The highest BCUT2D eigenvalue weighted by Crippen LogP contribution is 2.31. The summed E-state index contributed by atoms with van der Waals surface area (Å²) in [6.45, 7) is 0. The van der Waals surface area contributed by atoms with E-state index in [0.29, 0.717) is 0 Å². The second-order valence-corrected chi connectivity index (χ2v) is 7.92. The fourth-order valence-corrected chi connectivity index (χ4v) is 4.23. The molecule has 0 saturated carbocycles. The summed E-state index contributed by atoms with van der Waals surface area (Å²) >= 11 is 0. The molecule has 6 aromatic rings. The van der Waals surface area contributed by atoms with Crippen molar-refractivity contribution in [2.45, 2.75) is 0 Å². The molecule has 0 aliphatic heterocycles. The molecule has 0 spiro atoms. The normalized spacial score (nSPS) is 11.1. The van der Waals surface area contributed by atoms with E-state index >= 15 is 0 Å². The molecule has 0 aliphatic carbocycles. The molecule has 0 N–H and O–H groups in total. The highest BCUT2D eigenvalue weighted by molar-refractivity contribution is 6.08. The lowest BCUT2D eigenvalue weighted by molar-refractivity contribution is 1.18. The second kappa shape index (κ2) is 7.75. The monoisotopic (exact) mass is 408 g/mol. The van der Waals surface area contributed by atoms with E-state index in [2.05, 4.69) is 84.9 Å². The predicted octanol–water partition coefficient (Wildman–Crippen LogP) is 7.78. The van der Waals surface area contributed by atoms with Gasteiger partial charge in [-0.05, 0) is 33.7 Å². The molecule has 6 rings (SSSR count). The van der Waals surface area contributed by atoms with Gasteiger partial charge in [-0.25, -0.2) is 9.97 Å². The molecule has 2 heteroatoms.